The normalized spacial score (nSPS) is 14.3. The zero-order valence-corrected chi connectivity index (χ0v) is 25.0. The summed E-state index contributed by atoms with van der Waals surface area (Å²) in [5, 5.41) is 23.4. The van der Waals surface area contributed by atoms with Crippen molar-refractivity contribution in [3.05, 3.63) is 0 Å². The van der Waals surface area contributed by atoms with E-state index in [2.05, 4.69) is 10.6 Å². The van der Waals surface area contributed by atoms with Gasteiger partial charge in [0, 0.05) is 42.8 Å². The predicted octanol–water partition coefficient (Wildman–Crippen LogP) is 3.17. The van der Waals surface area contributed by atoms with Crippen molar-refractivity contribution < 1.29 is 43.7 Å². The van der Waals surface area contributed by atoms with Crippen LogP contribution in [0.25, 0.3) is 0 Å². The fourth-order valence-electron chi connectivity index (χ4n) is 2.74. The lowest BCUT2D eigenvalue weighted by molar-refractivity contribution is -0.181. The third kappa shape index (κ3) is 20.4. The molecule has 0 heterocycles. The highest BCUT2D eigenvalue weighted by atomic mass is 33.1. The zero-order chi connectivity index (χ0) is 28.4. The molecule has 37 heavy (non-hydrogen) atoms. The topological polar surface area (TPSA) is 168 Å². The fraction of sp³-hybridized carbons (Fsp3) is 0.773. The minimum Gasteiger partial charge on any atom is -0.480 e. The van der Waals surface area contributed by atoms with E-state index in [1.54, 1.807) is 6.92 Å². The van der Waals surface area contributed by atoms with E-state index in [-0.39, 0.29) is 35.2 Å². The summed E-state index contributed by atoms with van der Waals surface area (Å²) in [6.45, 7) is 7.90. The van der Waals surface area contributed by atoms with Crippen LogP contribution in [0.2, 0.25) is 0 Å². The van der Waals surface area contributed by atoms with E-state index in [9.17, 15) is 34.2 Å². The van der Waals surface area contributed by atoms with Crippen molar-refractivity contribution in [2.45, 2.75) is 90.0 Å². The number of rotatable bonds is 21. The molecule has 214 valence electrons. The van der Waals surface area contributed by atoms with Crippen LogP contribution in [-0.2, 0) is 33.4 Å². The van der Waals surface area contributed by atoms with E-state index in [1.807, 2.05) is 13.8 Å². The Kier molecular flexibility index (Phi) is 19.9. The van der Waals surface area contributed by atoms with Crippen LogP contribution >= 0.6 is 43.2 Å². The van der Waals surface area contributed by atoms with Gasteiger partial charge in [-0.1, -0.05) is 49.6 Å². The summed E-state index contributed by atoms with van der Waals surface area (Å²) < 4.78 is 10.6. The molecule has 0 saturated heterocycles. The molecule has 0 aliphatic heterocycles. The SMILES string of the molecule is CC(=O)NC(CSSCC(CCCCC(=O)OC(C)OC(C)C)SSCC(NC(C)=O)C(=O)O)C(=O)O. The smallest absolute Gasteiger partial charge is 0.327 e. The molecule has 0 aliphatic rings. The van der Waals surface area contributed by atoms with Crippen LogP contribution in [0.15, 0.2) is 0 Å². The van der Waals surface area contributed by atoms with Gasteiger partial charge in [-0.25, -0.2) is 9.59 Å². The summed E-state index contributed by atoms with van der Waals surface area (Å²) in [6.07, 6.45) is 1.67. The first-order valence-electron chi connectivity index (χ1n) is 11.7. The number of unbranched alkanes of at least 4 members (excludes halogenated alkanes) is 1. The highest BCUT2D eigenvalue weighted by Crippen LogP contribution is 2.35. The summed E-state index contributed by atoms with van der Waals surface area (Å²) in [5.41, 5.74) is 0. The van der Waals surface area contributed by atoms with Crippen molar-refractivity contribution in [1.29, 1.82) is 0 Å². The molecule has 0 radical (unpaired) electrons. The van der Waals surface area contributed by atoms with Crippen molar-refractivity contribution in [3.8, 4) is 0 Å². The summed E-state index contributed by atoms with van der Waals surface area (Å²) in [4.78, 5) is 57.1. The molecule has 4 N–H and O–H groups in total. The van der Waals surface area contributed by atoms with E-state index < -0.39 is 42.1 Å². The van der Waals surface area contributed by atoms with Crippen LogP contribution in [-0.4, -0.2) is 86.9 Å². The van der Waals surface area contributed by atoms with E-state index in [4.69, 9.17) is 9.47 Å². The molecule has 2 amide bonds. The Bertz CT molecular complexity index is 743. The highest BCUT2D eigenvalue weighted by Gasteiger charge is 2.21. The first-order valence-corrected chi connectivity index (χ1v) is 16.6. The molecule has 11 nitrogen and oxygen atoms in total. The van der Waals surface area contributed by atoms with E-state index >= 15 is 0 Å². The number of hydrogen-bond donors (Lipinski definition) is 4. The number of aliphatic carboxylic acids is 2. The number of carbonyl (C=O) groups excluding carboxylic acids is 3. The molecule has 0 aromatic heterocycles. The number of hydrogen-bond acceptors (Lipinski definition) is 11. The van der Waals surface area contributed by atoms with Gasteiger partial charge < -0.3 is 30.3 Å². The standard InChI is InChI=1S/C22H38N2O9S4/c1-13(2)32-16(5)33-20(27)9-7-6-8-17(37-36-12-19(22(30)31)24-15(4)26)10-34-35-11-18(21(28)29)23-14(3)25/h13,16-19H,6-12H2,1-5H3,(H,23,25)(H,24,26)(H,28,29)(H,30,31). The van der Waals surface area contributed by atoms with Gasteiger partial charge in [0.1, 0.15) is 12.1 Å². The minimum atomic E-state index is -1.11. The molecule has 0 aromatic rings. The van der Waals surface area contributed by atoms with Gasteiger partial charge in [-0.3, -0.25) is 14.4 Å². The third-order valence-electron chi connectivity index (χ3n) is 4.28. The lowest BCUT2D eigenvalue weighted by Gasteiger charge is -2.18. The Morgan fingerprint density at radius 1 is 0.784 bits per heavy atom. The average molecular weight is 603 g/mol. The first-order chi connectivity index (χ1) is 17.3. The van der Waals surface area contributed by atoms with Gasteiger partial charge in [-0.05, 0) is 33.6 Å². The molecule has 0 saturated carbocycles. The Morgan fingerprint density at radius 2 is 1.30 bits per heavy atom. The largest absolute Gasteiger partial charge is 0.480 e. The van der Waals surface area contributed by atoms with Crippen LogP contribution in [0.1, 0.15) is 60.3 Å². The Hall–Kier alpha value is -1.29. The highest BCUT2D eigenvalue weighted by molar-refractivity contribution is 8.78. The van der Waals surface area contributed by atoms with Crippen LogP contribution in [0.5, 0.6) is 0 Å². The first kappa shape index (κ1) is 35.7. The Morgan fingerprint density at radius 3 is 1.78 bits per heavy atom. The van der Waals surface area contributed by atoms with Crippen molar-refractivity contribution >= 4 is 72.9 Å². The van der Waals surface area contributed by atoms with Gasteiger partial charge in [0.05, 0.1) is 6.10 Å². The molecule has 0 bridgehead atoms. The van der Waals surface area contributed by atoms with Crippen molar-refractivity contribution in [2.24, 2.45) is 0 Å². The molecule has 15 heteroatoms. The maximum atomic E-state index is 12.0. The number of carboxylic acid groups (broad SMARTS) is 2. The maximum Gasteiger partial charge on any atom is 0.327 e. The number of amides is 2. The Balaban J connectivity index is 4.72. The van der Waals surface area contributed by atoms with E-state index in [0.29, 0.717) is 12.2 Å². The zero-order valence-electron chi connectivity index (χ0n) is 21.7. The summed E-state index contributed by atoms with van der Waals surface area (Å²) >= 11 is 0. The quantitative estimate of drug-likeness (QED) is 0.0655. The predicted molar refractivity (Wildman–Crippen MR) is 149 cm³/mol. The van der Waals surface area contributed by atoms with Gasteiger partial charge in [-0.2, -0.15) is 0 Å². The second kappa shape index (κ2) is 20.6. The van der Waals surface area contributed by atoms with Crippen molar-refractivity contribution in [2.75, 3.05) is 17.3 Å². The molecular formula is C22H38N2O9S4. The average Bonchev–Trinajstić information content (AvgIpc) is 2.75. The molecule has 0 rings (SSSR count). The maximum absolute atomic E-state index is 12.0. The second-order valence-electron chi connectivity index (χ2n) is 8.24. The van der Waals surface area contributed by atoms with Crippen LogP contribution in [0.3, 0.4) is 0 Å². The van der Waals surface area contributed by atoms with Gasteiger partial charge in [0.2, 0.25) is 11.8 Å². The lowest BCUT2D eigenvalue weighted by atomic mass is 10.1. The van der Waals surface area contributed by atoms with Crippen LogP contribution < -0.4 is 10.6 Å². The molecule has 4 atom stereocenters. The van der Waals surface area contributed by atoms with Gasteiger partial charge in [-0.15, -0.1) is 0 Å². The molecule has 0 aliphatic carbocycles. The van der Waals surface area contributed by atoms with Gasteiger partial charge in [0.15, 0.2) is 6.29 Å². The molecule has 4 unspecified atom stereocenters. The third-order valence-corrected chi connectivity index (χ3v) is 9.90. The van der Waals surface area contributed by atoms with E-state index in [0.717, 1.165) is 12.8 Å². The molecule has 0 fully saturated rings. The number of esters is 1. The number of carboxylic acids is 2. The van der Waals surface area contributed by atoms with E-state index in [1.165, 1.54) is 57.0 Å². The van der Waals surface area contributed by atoms with Crippen molar-refractivity contribution in [3.63, 3.8) is 0 Å². The molecule has 0 spiro atoms. The summed E-state index contributed by atoms with van der Waals surface area (Å²) in [6, 6.07) is -1.99. The molecule has 0 aromatic carbocycles. The summed E-state index contributed by atoms with van der Waals surface area (Å²) in [7, 11) is 5.62. The van der Waals surface area contributed by atoms with Gasteiger partial charge in [0.25, 0.3) is 0 Å². The van der Waals surface area contributed by atoms with Crippen molar-refractivity contribution in [1.82, 2.24) is 10.6 Å². The van der Waals surface area contributed by atoms with Gasteiger partial charge >= 0.3 is 17.9 Å². The second-order valence-corrected chi connectivity index (χ2v) is 13.5. The molecular weight excluding hydrogens is 565 g/mol. The Labute approximate surface area is 233 Å². The van der Waals surface area contributed by atoms with Crippen LogP contribution in [0.4, 0.5) is 0 Å². The van der Waals surface area contributed by atoms with Crippen LogP contribution in [0, 0.1) is 0 Å². The number of carbonyl (C=O) groups is 5. The fourth-order valence-corrected chi connectivity index (χ4v) is 8.68. The number of ether oxygens (including phenoxy) is 2. The minimum absolute atomic E-state index is 0.0520. The summed E-state index contributed by atoms with van der Waals surface area (Å²) in [5.74, 6) is -2.40. The monoisotopic (exact) mass is 602 g/mol. The lowest BCUT2D eigenvalue weighted by Crippen LogP contribution is -2.41. The number of nitrogens with one attached hydrogen (secondary N) is 2.